The zero-order chi connectivity index (χ0) is 31.1. The number of carbonyl (C=O) groups excluding carboxylic acids is 3. The number of carboxylic acids is 1. The van der Waals surface area contributed by atoms with Crippen molar-refractivity contribution < 1.29 is 33.8 Å². The van der Waals surface area contributed by atoms with Gasteiger partial charge in [-0.1, -0.05) is 47.1 Å². The fourth-order valence-corrected chi connectivity index (χ4v) is 11.1. The predicted molar refractivity (Wildman–Crippen MR) is 158 cm³/mol. The van der Waals surface area contributed by atoms with Crippen molar-refractivity contribution in [3.63, 3.8) is 0 Å². The second-order valence-electron chi connectivity index (χ2n) is 16.2. The maximum absolute atomic E-state index is 14.5. The molecule has 0 aromatic carbocycles. The number of hydrogen-bond donors (Lipinski definition) is 1. The van der Waals surface area contributed by atoms with Gasteiger partial charge < -0.3 is 14.6 Å². The monoisotopic (exact) mass is 582 g/mol. The maximum Gasteiger partial charge on any atom is 0.331 e. The summed E-state index contributed by atoms with van der Waals surface area (Å²) in [5.74, 6) is -1.53. The highest BCUT2D eigenvalue weighted by molar-refractivity contribution is 5.96. The van der Waals surface area contributed by atoms with E-state index in [0.717, 1.165) is 63.5 Å². The van der Waals surface area contributed by atoms with Crippen molar-refractivity contribution in [2.45, 2.75) is 112 Å². The van der Waals surface area contributed by atoms with E-state index in [0.29, 0.717) is 6.42 Å². The van der Waals surface area contributed by atoms with Crippen LogP contribution in [0, 0.1) is 50.2 Å². The molecule has 7 heteroatoms. The number of rotatable bonds is 4. The largest absolute Gasteiger partial charge is 0.478 e. The highest BCUT2D eigenvalue weighted by Gasteiger charge is 2.70. The topological polar surface area (TPSA) is 107 Å². The van der Waals surface area contributed by atoms with Gasteiger partial charge in [-0.15, -0.1) is 0 Å². The Morgan fingerprint density at radius 2 is 1.57 bits per heavy atom. The van der Waals surface area contributed by atoms with Crippen LogP contribution in [0.15, 0.2) is 23.8 Å². The van der Waals surface area contributed by atoms with Crippen LogP contribution in [0.3, 0.4) is 0 Å². The lowest BCUT2D eigenvalue weighted by atomic mass is 9.33. The molecule has 1 N–H and O–H groups in total. The van der Waals surface area contributed by atoms with E-state index in [2.05, 4.69) is 41.5 Å². The maximum atomic E-state index is 14.5. The number of methoxy groups -OCH3 is 1. The minimum absolute atomic E-state index is 0.0719. The van der Waals surface area contributed by atoms with E-state index in [-0.39, 0.29) is 62.7 Å². The summed E-state index contributed by atoms with van der Waals surface area (Å²) in [5, 5.41) is 8.91. The molecule has 7 nitrogen and oxygen atoms in total. The molecule has 5 rings (SSSR count). The summed E-state index contributed by atoms with van der Waals surface area (Å²) in [6, 6.07) is 0. The second kappa shape index (κ2) is 9.79. The molecule has 42 heavy (non-hydrogen) atoms. The van der Waals surface area contributed by atoms with Crippen molar-refractivity contribution in [1.82, 2.24) is 0 Å². The molecular formula is C35H50O7. The SMILES string of the molecule is COC(=O)[C@@]1(C)CC[C@]2(C)CC[C@]3(C)C(=CC(=O)[C@@H]4[C@@]5(C)CC[C@H](OC(=O)/C=C\C(=O)O)C(C)(C)[C@@H]5CC[C@]43C)[C@@H]2C1. The van der Waals surface area contributed by atoms with Gasteiger partial charge in [-0.25, -0.2) is 9.59 Å². The van der Waals surface area contributed by atoms with Crippen molar-refractivity contribution in [2.75, 3.05) is 7.11 Å². The lowest BCUT2D eigenvalue weighted by molar-refractivity contribution is -0.209. The summed E-state index contributed by atoms with van der Waals surface area (Å²) < 4.78 is 11.1. The van der Waals surface area contributed by atoms with E-state index in [1.807, 2.05) is 13.0 Å². The molecule has 0 aromatic heterocycles. The van der Waals surface area contributed by atoms with Gasteiger partial charge >= 0.3 is 17.9 Å². The number of carboxylic acid groups (broad SMARTS) is 1. The third kappa shape index (κ3) is 4.26. The molecule has 0 amide bonds. The van der Waals surface area contributed by atoms with Crippen LogP contribution < -0.4 is 0 Å². The van der Waals surface area contributed by atoms with E-state index < -0.39 is 17.4 Å². The van der Waals surface area contributed by atoms with Crippen LogP contribution in [-0.4, -0.2) is 42.0 Å². The van der Waals surface area contributed by atoms with Crippen molar-refractivity contribution in [1.29, 1.82) is 0 Å². The molecule has 0 saturated heterocycles. The number of carbonyl (C=O) groups is 4. The lowest BCUT2D eigenvalue weighted by Crippen LogP contribution is -2.66. The Balaban J connectivity index is 1.50. The zero-order valence-electron chi connectivity index (χ0n) is 26.8. The quantitative estimate of drug-likeness (QED) is 0.291. The molecule has 0 aromatic rings. The van der Waals surface area contributed by atoms with Gasteiger partial charge in [0.25, 0.3) is 0 Å². The molecule has 5 aliphatic carbocycles. The molecule has 0 aliphatic heterocycles. The van der Waals surface area contributed by atoms with Crippen LogP contribution in [0.1, 0.15) is 106 Å². The Hall–Kier alpha value is -2.44. The van der Waals surface area contributed by atoms with Crippen LogP contribution in [-0.2, 0) is 28.7 Å². The van der Waals surface area contributed by atoms with E-state index >= 15 is 0 Å². The van der Waals surface area contributed by atoms with Crippen molar-refractivity contribution in [2.24, 2.45) is 50.2 Å². The number of hydrogen-bond acceptors (Lipinski definition) is 6. The van der Waals surface area contributed by atoms with Gasteiger partial charge in [-0.3, -0.25) is 9.59 Å². The molecule has 5 aliphatic rings. The third-order valence-corrected chi connectivity index (χ3v) is 13.8. The van der Waals surface area contributed by atoms with Gasteiger partial charge in [-0.2, -0.15) is 0 Å². The minimum Gasteiger partial charge on any atom is -0.478 e. The first kappa shape index (κ1) is 31.0. The molecule has 0 radical (unpaired) electrons. The molecule has 4 fully saturated rings. The highest BCUT2D eigenvalue weighted by atomic mass is 16.5. The summed E-state index contributed by atoms with van der Waals surface area (Å²) >= 11 is 0. The summed E-state index contributed by atoms with van der Waals surface area (Å²) in [6.07, 6.45) is 11.4. The fourth-order valence-electron chi connectivity index (χ4n) is 11.1. The van der Waals surface area contributed by atoms with E-state index in [1.54, 1.807) is 0 Å². The predicted octanol–water partition coefficient (Wildman–Crippen LogP) is 6.69. The Kier molecular flexibility index (Phi) is 7.22. The fraction of sp³-hybridized carbons (Fsp3) is 0.771. The Morgan fingerprint density at radius 3 is 2.21 bits per heavy atom. The van der Waals surface area contributed by atoms with E-state index in [1.165, 1.54) is 12.7 Å². The first-order valence-corrected chi connectivity index (χ1v) is 15.8. The van der Waals surface area contributed by atoms with Crippen LogP contribution >= 0.6 is 0 Å². The van der Waals surface area contributed by atoms with Crippen LogP contribution in [0.4, 0.5) is 0 Å². The number of ether oxygens (including phenoxy) is 2. The molecule has 232 valence electrons. The summed E-state index contributed by atoms with van der Waals surface area (Å²) in [7, 11) is 1.48. The summed E-state index contributed by atoms with van der Waals surface area (Å²) in [5.41, 5.74) is -0.194. The molecule has 0 unspecified atom stereocenters. The molecule has 0 heterocycles. The molecule has 0 bridgehead atoms. The van der Waals surface area contributed by atoms with Gasteiger partial charge in [0, 0.05) is 23.5 Å². The molecule has 9 atom stereocenters. The normalized spacial score (nSPS) is 45.9. The standard InChI is InChI=1S/C35H50O7/c1-30(2)24-11-14-35(7)28(33(24,5)13-12-25(30)42-27(39)10-9-26(37)38)23(36)19-21-22-20-32(4,29(40)41-8)16-15-31(22,3)17-18-34(21,35)6/h9-10,19,22,24-25,28H,11-18,20H2,1-8H3,(H,37,38)/b10-9-/t22-,24-,25-,28+,31+,32-,33-,34+,35+/m0/s1. The van der Waals surface area contributed by atoms with Crippen molar-refractivity contribution >= 4 is 23.7 Å². The van der Waals surface area contributed by atoms with Crippen LogP contribution in [0.2, 0.25) is 0 Å². The first-order chi connectivity index (χ1) is 19.4. The zero-order valence-corrected chi connectivity index (χ0v) is 26.8. The van der Waals surface area contributed by atoms with Gasteiger partial charge in [0.15, 0.2) is 5.78 Å². The molecule has 0 spiro atoms. The van der Waals surface area contributed by atoms with E-state index in [4.69, 9.17) is 14.6 Å². The number of fused-ring (bicyclic) bond motifs is 7. The smallest absolute Gasteiger partial charge is 0.331 e. The van der Waals surface area contributed by atoms with E-state index in [9.17, 15) is 19.2 Å². The minimum atomic E-state index is -1.18. The Labute approximate surface area is 250 Å². The van der Waals surface area contributed by atoms with Gasteiger partial charge in [0.1, 0.15) is 6.10 Å². The molecular weight excluding hydrogens is 532 g/mol. The second-order valence-corrected chi connectivity index (χ2v) is 16.2. The average molecular weight is 583 g/mol. The number of ketones is 1. The number of esters is 2. The third-order valence-electron chi connectivity index (χ3n) is 13.8. The molecule has 4 saturated carbocycles. The van der Waals surface area contributed by atoms with Gasteiger partial charge in [0.05, 0.1) is 12.5 Å². The highest BCUT2D eigenvalue weighted by Crippen LogP contribution is 2.75. The average Bonchev–Trinajstić information content (AvgIpc) is 2.90. The summed E-state index contributed by atoms with van der Waals surface area (Å²) in [6.45, 7) is 15.8. The van der Waals surface area contributed by atoms with Crippen molar-refractivity contribution in [3.8, 4) is 0 Å². The van der Waals surface area contributed by atoms with Gasteiger partial charge in [-0.05, 0) is 104 Å². The number of allylic oxidation sites excluding steroid dienone is 2. The van der Waals surface area contributed by atoms with Crippen molar-refractivity contribution in [3.05, 3.63) is 23.8 Å². The summed E-state index contributed by atoms with van der Waals surface area (Å²) in [4.78, 5) is 50.8. The Bertz CT molecular complexity index is 1260. The van der Waals surface area contributed by atoms with Crippen LogP contribution in [0.25, 0.3) is 0 Å². The van der Waals surface area contributed by atoms with Crippen LogP contribution in [0.5, 0.6) is 0 Å². The number of aliphatic carboxylic acids is 1. The lowest BCUT2D eigenvalue weighted by Gasteiger charge is -2.70. The Morgan fingerprint density at radius 1 is 0.905 bits per heavy atom. The first-order valence-electron chi connectivity index (χ1n) is 15.8. The van der Waals surface area contributed by atoms with Gasteiger partial charge in [0.2, 0.25) is 0 Å².